The molecule has 1 spiro atoms. The molecule has 0 heterocycles. The van der Waals surface area contributed by atoms with E-state index in [0.717, 1.165) is 12.8 Å². The van der Waals surface area contributed by atoms with E-state index in [-0.39, 0.29) is 22.7 Å². The van der Waals surface area contributed by atoms with Crippen LogP contribution in [-0.2, 0) is 9.59 Å². The minimum absolute atomic E-state index is 0.0981. The number of hydrogen-bond donors (Lipinski definition) is 0. The van der Waals surface area contributed by atoms with Gasteiger partial charge in [-0.15, -0.1) is 0 Å². The molecule has 0 aliphatic heterocycles. The van der Waals surface area contributed by atoms with Gasteiger partial charge in [0.25, 0.3) is 0 Å². The van der Waals surface area contributed by atoms with Gasteiger partial charge in [0.15, 0.2) is 0 Å². The predicted molar refractivity (Wildman–Crippen MR) is 67.9 cm³/mol. The summed E-state index contributed by atoms with van der Waals surface area (Å²) in [5.74, 6) is 2.22. The molecule has 0 radical (unpaired) electrons. The highest BCUT2D eigenvalue weighted by atomic mass is 16.1. The summed E-state index contributed by atoms with van der Waals surface area (Å²) in [4.78, 5) is 25.1. The van der Waals surface area contributed by atoms with E-state index in [1.54, 1.807) is 0 Å². The zero-order valence-electron chi connectivity index (χ0n) is 11.4. The first-order valence-electron chi connectivity index (χ1n) is 7.63. The van der Waals surface area contributed by atoms with Crippen molar-refractivity contribution < 1.29 is 9.59 Å². The number of carbonyl (C=O) groups excluding carboxylic acids is 2. The molecule has 5 atom stereocenters. The second-order valence-electron chi connectivity index (χ2n) is 7.45. The van der Waals surface area contributed by atoms with Crippen molar-refractivity contribution in [3.05, 3.63) is 0 Å². The van der Waals surface area contributed by atoms with Crippen molar-refractivity contribution in [2.75, 3.05) is 0 Å². The highest BCUT2D eigenvalue weighted by Gasteiger charge is 2.88. The number of fused-ring (bicyclic) bond motifs is 1. The average molecular weight is 246 g/mol. The van der Waals surface area contributed by atoms with Crippen LogP contribution in [0.2, 0.25) is 0 Å². The van der Waals surface area contributed by atoms with E-state index in [4.69, 9.17) is 0 Å². The van der Waals surface area contributed by atoms with Crippen LogP contribution in [0.3, 0.4) is 0 Å². The van der Waals surface area contributed by atoms with Gasteiger partial charge in [0.05, 0.1) is 0 Å². The van der Waals surface area contributed by atoms with Crippen LogP contribution in [0.25, 0.3) is 0 Å². The number of rotatable bonds is 2. The molecule has 2 nitrogen and oxygen atoms in total. The van der Waals surface area contributed by atoms with Gasteiger partial charge in [-0.2, -0.15) is 0 Å². The van der Waals surface area contributed by atoms with Crippen molar-refractivity contribution in [3.63, 3.8) is 0 Å². The third-order valence-corrected chi connectivity index (χ3v) is 6.71. The molecule has 18 heavy (non-hydrogen) atoms. The number of ketones is 2. The summed E-state index contributed by atoms with van der Waals surface area (Å²) in [6.07, 6.45) is 6.87. The van der Waals surface area contributed by atoms with E-state index < -0.39 is 0 Å². The lowest BCUT2D eigenvalue weighted by Gasteiger charge is -2.43. The van der Waals surface area contributed by atoms with E-state index in [2.05, 4.69) is 0 Å². The fourth-order valence-electron chi connectivity index (χ4n) is 6.30. The number of carbonyl (C=O) groups is 2. The normalized spacial score (nSPS) is 52.4. The standard InChI is InChI=1S/C16H22O2/c1-9(2)14(18)16-11-7-10-5-3-4-6-15(10,16)8-12(17)13(11)16/h9-11,13H,3-8H2,1-2H3/t10-,11?,13+,15?,16+/m0/s1. The second-order valence-corrected chi connectivity index (χ2v) is 7.45. The lowest BCUT2D eigenvalue weighted by Crippen LogP contribution is -2.42. The summed E-state index contributed by atoms with van der Waals surface area (Å²) in [6.45, 7) is 4.03. The van der Waals surface area contributed by atoms with Crippen molar-refractivity contribution in [1.82, 2.24) is 0 Å². The topological polar surface area (TPSA) is 34.1 Å². The lowest BCUT2D eigenvalue weighted by atomic mass is 9.59. The molecule has 4 rings (SSSR count). The molecule has 0 bridgehead atoms. The molecule has 4 aliphatic carbocycles. The Hall–Kier alpha value is -0.660. The molecule has 0 N–H and O–H groups in total. The van der Waals surface area contributed by atoms with Crippen LogP contribution in [0.4, 0.5) is 0 Å². The molecular formula is C16H22O2. The molecule has 0 aromatic rings. The van der Waals surface area contributed by atoms with Gasteiger partial charge in [0.1, 0.15) is 11.6 Å². The van der Waals surface area contributed by atoms with Gasteiger partial charge in [-0.3, -0.25) is 9.59 Å². The zero-order chi connectivity index (χ0) is 12.7. The summed E-state index contributed by atoms with van der Waals surface area (Å²) in [7, 11) is 0. The third-order valence-electron chi connectivity index (χ3n) is 6.71. The molecule has 0 aromatic carbocycles. The Balaban J connectivity index is 1.84. The quantitative estimate of drug-likeness (QED) is 0.750. The number of Topliss-reactive ketones (excluding diaryl/α,β-unsaturated/α-hetero) is 2. The molecule has 0 amide bonds. The summed E-state index contributed by atoms with van der Waals surface area (Å²) in [5, 5.41) is 0. The van der Waals surface area contributed by atoms with Gasteiger partial charge in [-0.1, -0.05) is 26.7 Å². The second kappa shape index (κ2) is 3.08. The highest BCUT2D eigenvalue weighted by molar-refractivity contribution is 6.05. The molecule has 4 fully saturated rings. The van der Waals surface area contributed by atoms with E-state index in [0.29, 0.717) is 23.4 Å². The van der Waals surface area contributed by atoms with Gasteiger partial charge in [0, 0.05) is 23.7 Å². The van der Waals surface area contributed by atoms with Crippen LogP contribution in [-0.4, -0.2) is 11.6 Å². The third kappa shape index (κ3) is 0.896. The number of hydrogen-bond acceptors (Lipinski definition) is 2. The summed E-state index contributed by atoms with van der Waals surface area (Å²) in [6, 6.07) is 0. The van der Waals surface area contributed by atoms with Crippen molar-refractivity contribution in [2.45, 2.75) is 52.4 Å². The maximum atomic E-state index is 12.8. The van der Waals surface area contributed by atoms with Gasteiger partial charge in [-0.05, 0) is 36.5 Å². The Labute approximate surface area is 109 Å². The van der Waals surface area contributed by atoms with Crippen molar-refractivity contribution in [3.8, 4) is 0 Å². The Morgan fingerprint density at radius 3 is 2.83 bits per heavy atom. The Bertz CT molecular complexity index is 452. The van der Waals surface area contributed by atoms with Crippen LogP contribution in [0.5, 0.6) is 0 Å². The minimum atomic E-state index is -0.177. The van der Waals surface area contributed by atoms with E-state index in [9.17, 15) is 9.59 Å². The first-order valence-corrected chi connectivity index (χ1v) is 7.63. The fraction of sp³-hybridized carbons (Fsp3) is 0.875. The molecular weight excluding hydrogens is 224 g/mol. The molecule has 0 saturated heterocycles. The summed E-state index contributed by atoms with van der Waals surface area (Å²) in [5.41, 5.74) is -0.0671. The molecule has 0 aromatic heterocycles. The minimum Gasteiger partial charge on any atom is -0.299 e. The first-order chi connectivity index (χ1) is 8.55. The zero-order valence-corrected chi connectivity index (χ0v) is 11.4. The fourth-order valence-corrected chi connectivity index (χ4v) is 6.30. The highest BCUT2D eigenvalue weighted by Crippen LogP contribution is 2.86. The average Bonchev–Trinajstić information content (AvgIpc) is 2.86. The molecule has 4 aliphatic rings. The van der Waals surface area contributed by atoms with E-state index in [1.165, 1.54) is 25.7 Å². The smallest absolute Gasteiger partial charge is 0.143 e. The van der Waals surface area contributed by atoms with Crippen LogP contribution in [0.1, 0.15) is 52.4 Å². The maximum Gasteiger partial charge on any atom is 0.143 e. The molecule has 2 heteroatoms. The van der Waals surface area contributed by atoms with Crippen LogP contribution in [0, 0.1) is 34.5 Å². The molecule has 4 saturated carbocycles. The monoisotopic (exact) mass is 246 g/mol. The summed E-state index contributed by atoms with van der Waals surface area (Å²) < 4.78 is 0. The van der Waals surface area contributed by atoms with Gasteiger partial charge < -0.3 is 0 Å². The summed E-state index contributed by atoms with van der Waals surface area (Å²) >= 11 is 0. The van der Waals surface area contributed by atoms with Gasteiger partial charge in [0.2, 0.25) is 0 Å². The van der Waals surface area contributed by atoms with Crippen molar-refractivity contribution in [1.29, 1.82) is 0 Å². The van der Waals surface area contributed by atoms with Crippen molar-refractivity contribution in [2.24, 2.45) is 34.5 Å². The Morgan fingerprint density at radius 2 is 2.11 bits per heavy atom. The maximum absolute atomic E-state index is 12.8. The van der Waals surface area contributed by atoms with Crippen LogP contribution in [0.15, 0.2) is 0 Å². The lowest BCUT2D eigenvalue weighted by molar-refractivity contribution is -0.133. The molecule has 98 valence electrons. The SMILES string of the molecule is CC(C)C(=O)[C@]12C3C[C@@H]4CCCCC41CC(=O)[C@@H]32. The van der Waals surface area contributed by atoms with Crippen LogP contribution >= 0.6 is 0 Å². The largest absolute Gasteiger partial charge is 0.299 e. The predicted octanol–water partition coefficient (Wildman–Crippen LogP) is 3.00. The van der Waals surface area contributed by atoms with E-state index >= 15 is 0 Å². The van der Waals surface area contributed by atoms with Crippen LogP contribution < -0.4 is 0 Å². The molecule has 2 unspecified atom stereocenters. The van der Waals surface area contributed by atoms with Crippen molar-refractivity contribution >= 4 is 11.6 Å². The van der Waals surface area contributed by atoms with Gasteiger partial charge in [-0.25, -0.2) is 0 Å². The first kappa shape index (κ1) is 11.2. The van der Waals surface area contributed by atoms with Gasteiger partial charge >= 0.3 is 0 Å². The Morgan fingerprint density at radius 1 is 1.33 bits per heavy atom. The Kier molecular flexibility index (Phi) is 1.91. The van der Waals surface area contributed by atoms with E-state index in [1.807, 2.05) is 13.8 Å².